The summed E-state index contributed by atoms with van der Waals surface area (Å²) in [5.74, 6) is 0. The van der Waals surface area contributed by atoms with E-state index >= 15 is 0 Å². The summed E-state index contributed by atoms with van der Waals surface area (Å²) in [5, 5.41) is 5.61. The maximum absolute atomic E-state index is 2.58. The second kappa shape index (κ2) is 15.4. The molecule has 0 saturated heterocycles. The molecule has 0 heteroatoms. The van der Waals surface area contributed by atoms with Crippen molar-refractivity contribution in [2.75, 3.05) is 0 Å². The van der Waals surface area contributed by atoms with E-state index in [2.05, 4.69) is 176 Å². The summed E-state index contributed by atoms with van der Waals surface area (Å²) in [5.41, 5.74) is 15.1. The van der Waals surface area contributed by atoms with Crippen LogP contribution in [0.1, 0.15) is 128 Å². The molecule has 0 atom stereocenters. The topological polar surface area (TPSA) is 0 Å². The number of fused-ring (bicyclic) bond motifs is 2. The molecule has 0 saturated carbocycles. The number of hydrogen-bond acceptors (Lipinski definition) is 0. The largest absolute Gasteiger partial charge is 0.0801 e. The van der Waals surface area contributed by atoms with Crippen LogP contribution in [0.15, 0.2) is 121 Å². The zero-order chi connectivity index (χ0) is 37.2. The molecule has 2 aliphatic rings. The molecule has 0 aliphatic heterocycles. The SMILES string of the molecule is CCCCCCCCC(c1ccccc1)=c1c(C(C)(C)C)c(-c2ccccc2)c(C2=CC=CC2)c2c1=c1cc(C(C)(C)C)c(-c3ccccc3)cc1=C2. The van der Waals surface area contributed by atoms with Crippen molar-refractivity contribution in [3.8, 4) is 22.3 Å². The van der Waals surface area contributed by atoms with Gasteiger partial charge in [0.1, 0.15) is 0 Å². The highest BCUT2D eigenvalue weighted by Gasteiger charge is 2.31. The van der Waals surface area contributed by atoms with E-state index in [4.69, 9.17) is 0 Å². The molecule has 0 fully saturated rings. The van der Waals surface area contributed by atoms with Crippen LogP contribution in [0, 0.1) is 10.4 Å². The molecule has 7 rings (SSSR count). The summed E-state index contributed by atoms with van der Waals surface area (Å²) < 4.78 is 0. The summed E-state index contributed by atoms with van der Waals surface area (Å²) >= 11 is 0. The van der Waals surface area contributed by atoms with E-state index < -0.39 is 0 Å². The fraction of sp³-hybridized carbons (Fsp3) is 0.321. The van der Waals surface area contributed by atoms with Gasteiger partial charge < -0.3 is 0 Å². The minimum absolute atomic E-state index is 0.0366. The van der Waals surface area contributed by atoms with Crippen molar-refractivity contribution in [2.24, 2.45) is 0 Å². The Morgan fingerprint density at radius 2 is 1.26 bits per heavy atom. The highest BCUT2D eigenvalue weighted by atomic mass is 14.3. The van der Waals surface area contributed by atoms with Crippen LogP contribution in [-0.2, 0) is 10.8 Å². The van der Waals surface area contributed by atoms with Crippen LogP contribution >= 0.6 is 0 Å². The Kier molecular flexibility index (Phi) is 10.6. The second-order valence-electron chi connectivity index (χ2n) is 17.3. The lowest BCUT2D eigenvalue weighted by molar-refractivity contribution is 0.585. The minimum Gasteiger partial charge on any atom is -0.0801 e. The van der Waals surface area contributed by atoms with Gasteiger partial charge in [-0.3, -0.25) is 0 Å². The Labute approximate surface area is 319 Å². The summed E-state index contributed by atoms with van der Waals surface area (Å²) in [6.45, 7) is 16.8. The number of rotatable bonds is 11. The summed E-state index contributed by atoms with van der Waals surface area (Å²) in [6.07, 6.45) is 19.2. The zero-order valence-corrected chi connectivity index (χ0v) is 33.3. The zero-order valence-electron chi connectivity index (χ0n) is 33.3. The number of allylic oxidation sites excluding steroid dienone is 4. The molecule has 2 aliphatic carbocycles. The Bertz CT molecular complexity index is 2370. The Hall–Kier alpha value is -4.68. The molecule has 5 aromatic rings. The van der Waals surface area contributed by atoms with E-state index in [9.17, 15) is 0 Å². The third-order valence-corrected chi connectivity index (χ3v) is 11.3. The fourth-order valence-electron chi connectivity index (χ4n) is 8.82. The average Bonchev–Trinajstić information content (AvgIpc) is 3.82. The van der Waals surface area contributed by atoms with E-state index in [0.717, 1.165) is 12.8 Å². The number of unbranched alkanes of at least 4 members (excludes halogenated alkanes) is 5. The quantitative estimate of drug-likeness (QED) is 0.118. The van der Waals surface area contributed by atoms with Crippen molar-refractivity contribution in [2.45, 2.75) is 111 Å². The third kappa shape index (κ3) is 7.44. The lowest BCUT2D eigenvalue weighted by atomic mass is 9.73. The van der Waals surface area contributed by atoms with Crippen molar-refractivity contribution < 1.29 is 0 Å². The maximum Gasteiger partial charge on any atom is -0.00200 e. The van der Waals surface area contributed by atoms with Crippen LogP contribution in [-0.4, -0.2) is 0 Å². The van der Waals surface area contributed by atoms with E-state index in [-0.39, 0.29) is 10.8 Å². The Morgan fingerprint density at radius 1 is 0.642 bits per heavy atom. The Morgan fingerprint density at radius 3 is 1.87 bits per heavy atom. The second-order valence-corrected chi connectivity index (χ2v) is 17.3. The summed E-state index contributed by atoms with van der Waals surface area (Å²) in [7, 11) is 0. The van der Waals surface area contributed by atoms with Crippen LogP contribution in [0.3, 0.4) is 0 Å². The highest BCUT2D eigenvalue weighted by Crippen LogP contribution is 2.43. The molecule has 0 aromatic heterocycles. The lowest BCUT2D eigenvalue weighted by Gasteiger charge is -2.30. The summed E-state index contributed by atoms with van der Waals surface area (Å²) in [4.78, 5) is 0. The molecule has 0 N–H and O–H groups in total. The van der Waals surface area contributed by atoms with Gasteiger partial charge in [0, 0.05) is 0 Å². The van der Waals surface area contributed by atoms with Gasteiger partial charge in [-0.15, -0.1) is 0 Å². The Balaban J connectivity index is 1.73. The fourth-order valence-corrected chi connectivity index (χ4v) is 8.82. The first kappa shape index (κ1) is 36.7. The van der Waals surface area contributed by atoms with Gasteiger partial charge in [0.2, 0.25) is 0 Å². The van der Waals surface area contributed by atoms with Gasteiger partial charge in [0.05, 0.1) is 0 Å². The van der Waals surface area contributed by atoms with Crippen LogP contribution in [0.2, 0.25) is 0 Å². The maximum atomic E-state index is 2.58. The van der Waals surface area contributed by atoms with Crippen LogP contribution in [0.5, 0.6) is 0 Å². The molecule has 270 valence electrons. The monoisotopic (exact) mass is 694 g/mol. The van der Waals surface area contributed by atoms with Crippen molar-refractivity contribution in [1.29, 1.82) is 0 Å². The van der Waals surface area contributed by atoms with Crippen LogP contribution in [0.4, 0.5) is 0 Å². The van der Waals surface area contributed by atoms with Crippen LogP contribution < -0.4 is 10.4 Å². The molecular formula is C53H58. The van der Waals surface area contributed by atoms with Gasteiger partial charge in [0.25, 0.3) is 0 Å². The molecule has 5 aromatic carbocycles. The lowest BCUT2D eigenvalue weighted by Crippen LogP contribution is -2.29. The first-order chi connectivity index (χ1) is 25.6. The first-order valence-corrected chi connectivity index (χ1v) is 20.2. The molecule has 0 amide bonds. The standard InChI is InChI=1S/C53H58/c1-8-9-10-11-12-22-33-42(37-25-16-13-17-26-37)50-49-44-36-46(52(2,3)4)43(38-27-18-14-19-28-38)34-41(44)35-45(49)47(39-31-23-24-32-39)48(51(50)53(5,6)7)40-29-20-15-21-30-40/h13-21,23-31,34-36H,8-12,22,32-33H2,1-7H3. The van der Waals surface area contributed by atoms with Gasteiger partial charge >= 0.3 is 0 Å². The van der Waals surface area contributed by atoms with E-state index in [1.54, 1.807) is 0 Å². The molecule has 0 nitrogen and oxygen atoms in total. The predicted octanol–water partition coefficient (Wildman–Crippen LogP) is 13.3. The number of hydrogen-bond donors (Lipinski definition) is 0. The smallest absolute Gasteiger partial charge is 0.00200 e. The summed E-state index contributed by atoms with van der Waals surface area (Å²) in [6, 6.07) is 38.8. The van der Waals surface area contributed by atoms with Gasteiger partial charge in [-0.25, -0.2) is 0 Å². The molecule has 0 radical (unpaired) electrons. The van der Waals surface area contributed by atoms with Gasteiger partial charge in [0.15, 0.2) is 0 Å². The average molecular weight is 695 g/mol. The molecule has 0 heterocycles. The van der Waals surface area contributed by atoms with Gasteiger partial charge in [-0.2, -0.15) is 0 Å². The van der Waals surface area contributed by atoms with E-state index in [0.29, 0.717) is 0 Å². The first-order valence-electron chi connectivity index (χ1n) is 20.2. The highest BCUT2D eigenvalue weighted by molar-refractivity contribution is 5.92. The molecule has 0 spiro atoms. The van der Waals surface area contributed by atoms with Crippen LogP contribution in [0.25, 0.3) is 39.5 Å². The molecule has 0 bridgehead atoms. The van der Waals surface area contributed by atoms with Crippen molar-refractivity contribution >= 4 is 17.2 Å². The minimum atomic E-state index is -0.127. The predicted molar refractivity (Wildman–Crippen MR) is 230 cm³/mol. The van der Waals surface area contributed by atoms with E-state index in [1.165, 1.54) is 121 Å². The third-order valence-electron chi connectivity index (χ3n) is 11.3. The van der Waals surface area contributed by atoms with E-state index in [1.807, 2.05) is 0 Å². The molecule has 53 heavy (non-hydrogen) atoms. The number of benzene rings is 5. The van der Waals surface area contributed by atoms with Gasteiger partial charge in [-0.05, 0) is 130 Å². The van der Waals surface area contributed by atoms with Crippen molar-refractivity contribution in [3.63, 3.8) is 0 Å². The molecule has 0 unspecified atom stereocenters. The molecular weight excluding hydrogens is 637 g/mol. The van der Waals surface area contributed by atoms with Crippen molar-refractivity contribution in [3.05, 3.63) is 170 Å². The van der Waals surface area contributed by atoms with Gasteiger partial charge in [-0.1, -0.05) is 190 Å². The normalized spacial score (nSPS) is 14.1. The van der Waals surface area contributed by atoms with Crippen molar-refractivity contribution in [1.82, 2.24) is 0 Å².